The Morgan fingerprint density at radius 1 is 1.23 bits per heavy atom. The van der Waals surface area contributed by atoms with Gasteiger partial charge in [0, 0.05) is 0 Å². The summed E-state index contributed by atoms with van der Waals surface area (Å²) in [6.45, 7) is 3.02. The van der Waals surface area contributed by atoms with Gasteiger partial charge in [0.25, 0.3) is 0 Å². The summed E-state index contributed by atoms with van der Waals surface area (Å²) in [5.41, 5.74) is -0.447. The molecule has 8 heteroatoms. The number of rotatable bonds is 4. The number of halogens is 3. The van der Waals surface area contributed by atoms with Crippen molar-refractivity contribution in [1.29, 1.82) is 0 Å². The molecule has 0 spiro atoms. The van der Waals surface area contributed by atoms with E-state index in [4.69, 9.17) is 0 Å². The average Bonchev–Trinajstić information content (AvgIpc) is 2.87. The van der Waals surface area contributed by atoms with E-state index in [9.17, 15) is 18.0 Å². The predicted octanol–water partition coefficient (Wildman–Crippen LogP) is 2.67. The van der Waals surface area contributed by atoms with Gasteiger partial charge in [-0.25, -0.2) is 4.79 Å². The minimum atomic E-state index is -5.04. The summed E-state index contributed by atoms with van der Waals surface area (Å²) >= 11 is 0. The van der Waals surface area contributed by atoms with Crippen LogP contribution in [0.4, 0.5) is 13.2 Å². The number of hydrogen-bond donors (Lipinski definition) is 0. The average molecular weight is 313 g/mol. The molecule has 118 valence electrons. The molecule has 5 nitrogen and oxygen atoms in total. The number of benzene rings is 1. The second-order valence-electron chi connectivity index (χ2n) is 5.14. The van der Waals surface area contributed by atoms with E-state index in [1.807, 2.05) is 30.3 Å². The maximum atomic E-state index is 12.3. The molecule has 0 aliphatic heterocycles. The summed E-state index contributed by atoms with van der Waals surface area (Å²) in [6.07, 6.45) is -3.76. The number of esters is 1. The van der Waals surface area contributed by atoms with Gasteiger partial charge in [-0.2, -0.15) is 28.2 Å². The van der Waals surface area contributed by atoms with Gasteiger partial charge >= 0.3 is 12.1 Å². The van der Waals surface area contributed by atoms with Gasteiger partial charge in [0.05, 0.1) is 12.7 Å². The molecule has 0 amide bonds. The maximum Gasteiger partial charge on any atom is 0.490 e. The van der Waals surface area contributed by atoms with Crippen LogP contribution in [0.3, 0.4) is 0 Å². The van der Waals surface area contributed by atoms with Gasteiger partial charge in [0.1, 0.15) is 5.69 Å². The lowest BCUT2D eigenvalue weighted by Gasteiger charge is -2.23. The molecule has 1 aromatic heterocycles. The standard InChI is InChI=1S/C14H14F3N3O2/c1-13(2,22-12(21)14(15,16)17)11-8-18-20(19-11)9-10-6-4-3-5-7-10/h3-8H,9H2,1-2H3. The lowest BCUT2D eigenvalue weighted by Crippen LogP contribution is -2.34. The lowest BCUT2D eigenvalue weighted by atomic mass is 10.1. The van der Waals surface area contributed by atoms with Crippen molar-refractivity contribution in [2.75, 3.05) is 0 Å². The molecule has 2 rings (SSSR count). The fourth-order valence-corrected chi connectivity index (χ4v) is 1.74. The Morgan fingerprint density at radius 2 is 1.86 bits per heavy atom. The van der Waals surface area contributed by atoms with Crippen LogP contribution in [0.2, 0.25) is 0 Å². The minimum absolute atomic E-state index is 0.140. The molecule has 0 unspecified atom stereocenters. The van der Waals surface area contributed by atoms with Crippen molar-refractivity contribution < 1.29 is 22.7 Å². The van der Waals surface area contributed by atoms with Crippen LogP contribution in [0.15, 0.2) is 36.5 Å². The summed E-state index contributed by atoms with van der Waals surface area (Å²) in [6, 6.07) is 9.32. The van der Waals surface area contributed by atoms with Gasteiger partial charge in [-0.1, -0.05) is 30.3 Å². The van der Waals surface area contributed by atoms with Crippen LogP contribution in [-0.4, -0.2) is 27.1 Å². The third kappa shape index (κ3) is 3.84. The van der Waals surface area contributed by atoms with Crippen LogP contribution in [0, 0.1) is 0 Å². The Hall–Kier alpha value is -2.38. The Labute approximate surface area is 124 Å². The van der Waals surface area contributed by atoms with E-state index in [0.717, 1.165) is 5.56 Å². The summed E-state index contributed by atoms with van der Waals surface area (Å²) in [5, 5.41) is 8.05. The summed E-state index contributed by atoms with van der Waals surface area (Å²) in [4.78, 5) is 12.3. The zero-order valence-corrected chi connectivity index (χ0v) is 12.0. The van der Waals surface area contributed by atoms with Crippen LogP contribution in [0.1, 0.15) is 25.1 Å². The summed E-state index contributed by atoms with van der Waals surface area (Å²) < 4.78 is 41.3. The third-order valence-electron chi connectivity index (χ3n) is 2.90. The molecule has 0 saturated carbocycles. The number of nitrogens with zero attached hydrogens (tertiary/aromatic N) is 3. The van der Waals surface area contributed by atoms with E-state index in [-0.39, 0.29) is 5.69 Å². The fraction of sp³-hybridized carbons (Fsp3) is 0.357. The highest BCUT2D eigenvalue weighted by atomic mass is 19.4. The van der Waals surface area contributed by atoms with Crippen molar-refractivity contribution in [1.82, 2.24) is 15.0 Å². The molecule has 1 heterocycles. The molecule has 0 N–H and O–H groups in total. The van der Waals surface area contributed by atoms with Crippen LogP contribution in [0.25, 0.3) is 0 Å². The Bertz CT molecular complexity index is 651. The smallest absolute Gasteiger partial charge is 0.446 e. The fourth-order valence-electron chi connectivity index (χ4n) is 1.74. The molecule has 0 saturated heterocycles. The van der Waals surface area contributed by atoms with Crippen molar-refractivity contribution in [2.24, 2.45) is 0 Å². The molecule has 0 bridgehead atoms. The van der Waals surface area contributed by atoms with E-state index in [1.54, 1.807) is 0 Å². The van der Waals surface area contributed by atoms with Crippen LogP contribution in [-0.2, 0) is 21.7 Å². The van der Waals surface area contributed by atoms with E-state index in [2.05, 4.69) is 14.9 Å². The number of ether oxygens (including phenoxy) is 1. The molecule has 0 aliphatic carbocycles. The van der Waals surface area contributed by atoms with Gasteiger partial charge < -0.3 is 4.74 Å². The molecule has 1 aromatic carbocycles. The normalized spacial score (nSPS) is 12.2. The van der Waals surface area contributed by atoms with E-state index in [1.165, 1.54) is 24.8 Å². The Morgan fingerprint density at radius 3 is 2.45 bits per heavy atom. The zero-order chi connectivity index (χ0) is 16.4. The molecule has 2 aromatic rings. The van der Waals surface area contributed by atoms with E-state index >= 15 is 0 Å². The largest absolute Gasteiger partial charge is 0.490 e. The van der Waals surface area contributed by atoms with E-state index < -0.39 is 17.7 Å². The molecule has 22 heavy (non-hydrogen) atoms. The topological polar surface area (TPSA) is 57.0 Å². The first kappa shape index (κ1) is 16.0. The van der Waals surface area contributed by atoms with Gasteiger partial charge in [-0.3, -0.25) is 0 Å². The second kappa shape index (κ2) is 5.78. The van der Waals surface area contributed by atoms with Crippen molar-refractivity contribution in [3.05, 3.63) is 47.8 Å². The number of carbonyl (C=O) groups excluding carboxylic acids is 1. The highest BCUT2D eigenvalue weighted by Gasteiger charge is 2.45. The number of hydrogen-bond acceptors (Lipinski definition) is 4. The Kier molecular flexibility index (Phi) is 4.20. The zero-order valence-electron chi connectivity index (χ0n) is 12.0. The van der Waals surface area contributed by atoms with Crippen LogP contribution in [0.5, 0.6) is 0 Å². The van der Waals surface area contributed by atoms with Gasteiger partial charge in [0.15, 0.2) is 5.60 Å². The first-order chi connectivity index (χ1) is 10.2. The number of carbonyl (C=O) groups is 1. The first-order valence-electron chi connectivity index (χ1n) is 6.43. The highest BCUT2D eigenvalue weighted by Crippen LogP contribution is 2.27. The number of aromatic nitrogens is 3. The molecular formula is C14H14F3N3O2. The maximum absolute atomic E-state index is 12.3. The summed E-state index contributed by atoms with van der Waals surface area (Å²) in [5.74, 6) is -2.25. The van der Waals surface area contributed by atoms with Crippen LogP contribution >= 0.6 is 0 Å². The quantitative estimate of drug-likeness (QED) is 0.814. The molecule has 0 fully saturated rings. The van der Waals surface area contributed by atoms with Crippen molar-refractivity contribution >= 4 is 5.97 Å². The SMILES string of the molecule is CC(C)(OC(=O)C(F)(F)F)c1cnn(Cc2ccccc2)n1. The van der Waals surface area contributed by atoms with Crippen molar-refractivity contribution in [3.8, 4) is 0 Å². The first-order valence-corrected chi connectivity index (χ1v) is 6.43. The third-order valence-corrected chi connectivity index (χ3v) is 2.90. The van der Waals surface area contributed by atoms with Crippen molar-refractivity contribution in [2.45, 2.75) is 32.2 Å². The Balaban J connectivity index is 2.11. The summed E-state index contributed by atoms with van der Waals surface area (Å²) in [7, 11) is 0. The van der Waals surface area contributed by atoms with Crippen molar-refractivity contribution in [3.63, 3.8) is 0 Å². The van der Waals surface area contributed by atoms with Gasteiger partial charge in [-0.05, 0) is 19.4 Å². The highest BCUT2D eigenvalue weighted by molar-refractivity contribution is 5.76. The van der Waals surface area contributed by atoms with Crippen LogP contribution < -0.4 is 0 Å². The minimum Gasteiger partial charge on any atom is -0.446 e. The molecular weight excluding hydrogens is 299 g/mol. The van der Waals surface area contributed by atoms with E-state index in [0.29, 0.717) is 6.54 Å². The predicted molar refractivity (Wildman–Crippen MR) is 70.7 cm³/mol. The van der Waals surface area contributed by atoms with Gasteiger partial charge in [0.2, 0.25) is 0 Å². The molecule has 0 radical (unpaired) electrons. The molecule has 0 atom stereocenters. The van der Waals surface area contributed by atoms with Gasteiger partial charge in [-0.15, -0.1) is 0 Å². The number of alkyl halides is 3. The second-order valence-corrected chi connectivity index (χ2v) is 5.14. The molecule has 0 aliphatic rings. The lowest BCUT2D eigenvalue weighted by molar-refractivity contribution is -0.212. The monoisotopic (exact) mass is 313 g/mol.